The van der Waals surface area contributed by atoms with Crippen LogP contribution in [0.4, 0.5) is 14.6 Å². The van der Waals surface area contributed by atoms with E-state index in [4.69, 9.17) is 22.1 Å². The fourth-order valence-corrected chi connectivity index (χ4v) is 3.34. The summed E-state index contributed by atoms with van der Waals surface area (Å²) >= 11 is 6.27. The fourth-order valence-electron chi connectivity index (χ4n) is 3.14. The Morgan fingerprint density at radius 1 is 1.21 bits per heavy atom. The Hall–Kier alpha value is -2.97. The minimum absolute atomic E-state index is 0.0384. The van der Waals surface area contributed by atoms with Gasteiger partial charge in [0.25, 0.3) is 0 Å². The third-order valence-electron chi connectivity index (χ3n) is 4.45. The topological polar surface area (TPSA) is 70.4 Å². The van der Waals surface area contributed by atoms with Gasteiger partial charge >= 0.3 is 0 Å². The summed E-state index contributed by atoms with van der Waals surface area (Å²) in [5.41, 5.74) is 8.29. The molecular formula is C19H16ClF2N5O. The van der Waals surface area contributed by atoms with Gasteiger partial charge < -0.3 is 15.0 Å². The number of aromatic nitrogens is 4. The lowest BCUT2D eigenvalue weighted by molar-refractivity contribution is 0.185. The smallest absolute Gasteiger partial charge is 0.139 e. The predicted octanol–water partition coefficient (Wildman–Crippen LogP) is 4.06. The van der Waals surface area contributed by atoms with Crippen molar-refractivity contribution in [1.29, 1.82) is 0 Å². The van der Waals surface area contributed by atoms with Crippen LogP contribution >= 0.6 is 11.6 Å². The third-order valence-corrected chi connectivity index (χ3v) is 4.90. The van der Waals surface area contributed by atoms with Gasteiger partial charge in [-0.05, 0) is 23.8 Å². The van der Waals surface area contributed by atoms with E-state index in [0.29, 0.717) is 12.3 Å². The molecule has 9 heteroatoms. The molecule has 1 aromatic carbocycles. The number of aryl methyl sites for hydroxylation is 1. The van der Waals surface area contributed by atoms with Crippen molar-refractivity contribution in [3.05, 3.63) is 59.1 Å². The summed E-state index contributed by atoms with van der Waals surface area (Å²) in [5, 5.41) is 0.246. The molecule has 2 N–H and O–H groups in total. The molecule has 0 aliphatic heterocycles. The number of hydrogen-bond donors (Lipinski definition) is 1. The molecule has 6 nitrogen and oxygen atoms in total. The summed E-state index contributed by atoms with van der Waals surface area (Å²) in [6, 6.07) is 5.58. The third kappa shape index (κ3) is 2.90. The standard InChI is InChI=1S/C19H16ClF2N5O/c1-26-9-24-16(18(26)20)12-6-11(21)7-13(22)15(12)17-19(23)27-4-3-10(8-28-2)5-14(27)25-17/h3-7,9H,8,23H2,1-2H3. The summed E-state index contributed by atoms with van der Waals surface area (Å²) < 4.78 is 37.2. The molecule has 3 heterocycles. The van der Waals surface area contributed by atoms with Crippen LogP contribution in [0, 0.1) is 11.6 Å². The first-order chi connectivity index (χ1) is 13.4. The zero-order valence-electron chi connectivity index (χ0n) is 15.1. The van der Waals surface area contributed by atoms with Crippen LogP contribution in [0.5, 0.6) is 0 Å². The Kier molecular flexibility index (Phi) is 4.52. The van der Waals surface area contributed by atoms with E-state index in [0.717, 1.165) is 11.6 Å². The number of anilines is 1. The molecule has 0 amide bonds. The lowest BCUT2D eigenvalue weighted by atomic mass is 10.0. The van der Waals surface area contributed by atoms with Gasteiger partial charge in [-0.2, -0.15) is 0 Å². The monoisotopic (exact) mass is 403 g/mol. The second-order valence-corrected chi connectivity index (χ2v) is 6.70. The maximum Gasteiger partial charge on any atom is 0.139 e. The van der Waals surface area contributed by atoms with E-state index in [9.17, 15) is 8.78 Å². The molecule has 0 atom stereocenters. The number of nitrogens with two attached hydrogens (primary N) is 1. The molecule has 144 valence electrons. The van der Waals surface area contributed by atoms with E-state index in [-0.39, 0.29) is 33.5 Å². The van der Waals surface area contributed by atoms with Crippen LogP contribution in [0.2, 0.25) is 5.15 Å². The van der Waals surface area contributed by atoms with Gasteiger partial charge in [-0.25, -0.2) is 18.7 Å². The van der Waals surface area contributed by atoms with Gasteiger partial charge in [-0.3, -0.25) is 4.40 Å². The van der Waals surface area contributed by atoms with Gasteiger partial charge in [0.1, 0.15) is 39.6 Å². The first kappa shape index (κ1) is 18.4. The van der Waals surface area contributed by atoms with E-state index >= 15 is 0 Å². The number of halogens is 3. The predicted molar refractivity (Wildman–Crippen MR) is 103 cm³/mol. The van der Waals surface area contributed by atoms with Crippen molar-refractivity contribution in [3.63, 3.8) is 0 Å². The van der Waals surface area contributed by atoms with Crippen molar-refractivity contribution in [3.8, 4) is 22.5 Å². The molecule has 0 bridgehead atoms. The van der Waals surface area contributed by atoms with Crippen molar-refractivity contribution in [2.45, 2.75) is 6.61 Å². The van der Waals surface area contributed by atoms with Crippen molar-refractivity contribution >= 4 is 23.1 Å². The van der Waals surface area contributed by atoms with Crippen LogP contribution in [-0.2, 0) is 18.4 Å². The Bertz CT molecular complexity index is 1200. The van der Waals surface area contributed by atoms with Crippen LogP contribution in [0.15, 0.2) is 36.8 Å². The lowest BCUT2D eigenvalue weighted by Crippen LogP contribution is -1.98. The maximum atomic E-state index is 14.9. The Morgan fingerprint density at radius 2 is 2.00 bits per heavy atom. The molecule has 0 saturated carbocycles. The van der Waals surface area contributed by atoms with E-state index in [2.05, 4.69) is 9.97 Å². The molecule has 28 heavy (non-hydrogen) atoms. The summed E-state index contributed by atoms with van der Waals surface area (Å²) in [6.45, 7) is 0.401. The molecular weight excluding hydrogens is 388 g/mol. The van der Waals surface area contributed by atoms with E-state index in [1.54, 1.807) is 35.4 Å². The van der Waals surface area contributed by atoms with E-state index < -0.39 is 11.6 Å². The molecule has 0 radical (unpaired) electrons. The maximum absolute atomic E-state index is 14.9. The minimum Gasteiger partial charge on any atom is -0.383 e. The van der Waals surface area contributed by atoms with E-state index in [1.807, 2.05) is 6.07 Å². The highest BCUT2D eigenvalue weighted by atomic mass is 35.5. The SMILES string of the molecule is COCc1ccn2c(N)c(-c3c(F)cc(F)cc3-c3ncn(C)c3Cl)nc2c1. The van der Waals surface area contributed by atoms with Crippen molar-refractivity contribution in [1.82, 2.24) is 18.9 Å². The van der Waals surface area contributed by atoms with Crippen LogP contribution in [0.1, 0.15) is 5.56 Å². The fraction of sp³-hybridized carbons (Fsp3) is 0.158. The number of imidazole rings is 2. The molecule has 4 aromatic rings. The molecule has 0 aliphatic rings. The zero-order chi connectivity index (χ0) is 20.0. The lowest BCUT2D eigenvalue weighted by Gasteiger charge is -2.09. The van der Waals surface area contributed by atoms with Crippen LogP contribution in [0.25, 0.3) is 28.2 Å². The Morgan fingerprint density at radius 3 is 2.68 bits per heavy atom. The second kappa shape index (κ2) is 6.88. The number of hydrogen-bond acceptors (Lipinski definition) is 4. The van der Waals surface area contributed by atoms with Crippen LogP contribution in [0.3, 0.4) is 0 Å². The number of ether oxygens (including phenoxy) is 1. The second-order valence-electron chi connectivity index (χ2n) is 6.35. The average molecular weight is 404 g/mol. The van der Waals surface area contributed by atoms with Gasteiger partial charge in [0, 0.05) is 37.5 Å². The zero-order valence-corrected chi connectivity index (χ0v) is 15.8. The highest BCUT2D eigenvalue weighted by Crippen LogP contribution is 2.39. The molecule has 0 spiro atoms. The number of nitrogen functional groups attached to an aromatic ring is 1. The van der Waals surface area contributed by atoms with Gasteiger partial charge in [0.05, 0.1) is 12.9 Å². The van der Waals surface area contributed by atoms with Crippen molar-refractivity contribution < 1.29 is 13.5 Å². The summed E-state index contributed by atoms with van der Waals surface area (Å²) in [5.74, 6) is -1.33. The highest BCUT2D eigenvalue weighted by molar-refractivity contribution is 6.32. The summed E-state index contributed by atoms with van der Waals surface area (Å²) in [7, 11) is 3.27. The van der Waals surface area contributed by atoms with Crippen LogP contribution < -0.4 is 5.73 Å². The molecule has 0 aliphatic carbocycles. The Balaban J connectivity index is 1.99. The molecule has 0 saturated heterocycles. The van der Waals surface area contributed by atoms with Crippen molar-refractivity contribution in [2.24, 2.45) is 7.05 Å². The van der Waals surface area contributed by atoms with Crippen LogP contribution in [-0.4, -0.2) is 26.0 Å². The minimum atomic E-state index is -0.802. The molecule has 0 fully saturated rings. The first-order valence-corrected chi connectivity index (χ1v) is 8.70. The molecule has 3 aromatic heterocycles. The molecule has 0 unspecified atom stereocenters. The van der Waals surface area contributed by atoms with Gasteiger partial charge in [-0.1, -0.05) is 11.6 Å². The highest BCUT2D eigenvalue weighted by Gasteiger charge is 2.24. The number of rotatable bonds is 4. The quantitative estimate of drug-likeness (QED) is 0.557. The number of benzene rings is 1. The largest absolute Gasteiger partial charge is 0.383 e. The van der Waals surface area contributed by atoms with E-state index in [1.165, 1.54) is 12.4 Å². The number of nitrogens with zero attached hydrogens (tertiary/aromatic N) is 4. The number of pyridine rings is 1. The van der Waals surface area contributed by atoms with Gasteiger partial charge in [0.15, 0.2) is 0 Å². The summed E-state index contributed by atoms with van der Waals surface area (Å²) in [4.78, 5) is 8.66. The summed E-state index contributed by atoms with van der Waals surface area (Å²) in [6.07, 6.45) is 3.19. The van der Waals surface area contributed by atoms with Gasteiger partial charge in [0.2, 0.25) is 0 Å². The van der Waals surface area contributed by atoms with Crippen molar-refractivity contribution in [2.75, 3.05) is 12.8 Å². The number of methoxy groups -OCH3 is 1. The normalized spacial score (nSPS) is 11.5. The molecule has 4 rings (SSSR count). The average Bonchev–Trinajstić information content (AvgIpc) is 3.14. The van der Waals surface area contributed by atoms with Gasteiger partial charge in [-0.15, -0.1) is 0 Å². The Labute approximate surface area is 164 Å². The first-order valence-electron chi connectivity index (χ1n) is 8.32. The number of fused-ring (bicyclic) bond motifs is 1.